The van der Waals surface area contributed by atoms with E-state index in [0.717, 1.165) is 17.1 Å². The van der Waals surface area contributed by atoms with Crippen LogP contribution in [-0.2, 0) is 16.1 Å². The molecule has 100 valence electrons. The maximum atomic E-state index is 10.6. The first-order valence-electron chi connectivity index (χ1n) is 5.72. The molecule has 0 saturated carbocycles. The molecule has 1 aromatic carbocycles. The Morgan fingerprint density at radius 2 is 2.06 bits per heavy atom. The molecule has 1 rings (SSSR count). The summed E-state index contributed by atoms with van der Waals surface area (Å²) in [6.07, 6.45) is 0. The number of carbonyl (C=O) groups is 1. The predicted octanol–water partition coefficient (Wildman–Crippen LogP) is 1.36. The van der Waals surface area contributed by atoms with Crippen LogP contribution in [0.5, 0.6) is 11.5 Å². The largest absolute Gasteiger partial charge is 0.497 e. The highest BCUT2D eigenvalue weighted by molar-refractivity contribution is 5.65. The maximum Gasteiger partial charge on any atom is 0.302 e. The van der Waals surface area contributed by atoms with Crippen molar-refractivity contribution < 1.29 is 19.0 Å². The zero-order chi connectivity index (χ0) is 13.4. The highest BCUT2D eigenvalue weighted by atomic mass is 16.5. The van der Waals surface area contributed by atoms with Crippen LogP contribution in [0, 0.1) is 0 Å². The molecule has 18 heavy (non-hydrogen) atoms. The van der Waals surface area contributed by atoms with Crippen LogP contribution in [-0.4, -0.2) is 33.3 Å². The van der Waals surface area contributed by atoms with Gasteiger partial charge in [-0.2, -0.15) is 0 Å². The zero-order valence-electron chi connectivity index (χ0n) is 11.0. The minimum Gasteiger partial charge on any atom is -0.497 e. The van der Waals surface area contributed by atoms with Crippen molar-refractivity contribution in [3.8, 4) is 11.5 Å². The van der Waals surface area contributed by atoms with Crippen LogP contribution in [0.3, 0.4) is 0 Å². The van der Waals surface area contributed by atoms with E-state index in [1.54, 1.807) is 14.2 Å². The Kier molecular flexibility index (Phi) is 6.00. The molecule has 0 bridgehead atoms. The topological polar surface area (TPSA) is 56.8 Å². The van der Waals surface area contributed by atoms with E-state index in [1.165, 1.54) is 6.92 Å². The van der Waals surface area contributed by atoms with E-state index in [0.29, 0.717) is 19.7 Å². The molecule has 0 aliphatic rings. The van der Waals surface area contributed by atoms with Gasteiger partial charge in [0.1, 0.15) is 18.1 Å². The number of nitrogens with one attached hydrogen (secondary N) is 1. The maximum absolute atomic E-state index is 10.6. The third-order valence-corrected chi connectivity index (χ3v) is 2.39. The Morgan fingerprint density at radius 1 is 1.28 bits per heavy atom. The average Bonchev–Trinajstić information content (AvgIpc) is 2.38. The van der Waals surface area contributed by atoms with Crippen LogP contribution in [0.2, 0.25) is 0 Å². The first-order chi connectivity index (χ1) is 8.67. The fourth-order valence-electron chi connectivity index (χ4n) is 1.49. The molecule has 0 atom stereocenters. The number of carbonyl (C=O) groups excluding carboxylic acids is 1. The zero-order valence-corrected chi connectivity index (χ0v) is 11.0. The van der Waals surface area contributed by atoms with Gasteiger partial charge in [-0.05, 0) is 6.07 Å². The summed E-state index contributed by atoms with van der Waals surface area (Å²) in [5.74, 6) is 1.27. The van der Waals surface area contributed by atoms with Gasteiger partial charge in [0.25, 0.3) is 0 Å². The molecule has 0 unspecified atom stereocenters. The molecule has 5 heteroatoms. The molecule has 0 amide bonds. The Hall–Kier alpha value is -1.75. The lowest BCUT2D eigenvalue weighted by molar-refractivity contribution is -0.140. The molecule has 0 saturated heterocycles. The van der Waals surface area contributed by atoms with Crippen molar-refractivity contribution in [1.29, 1.82) is 0 Å². The van der Waals surface area contributed by atoms with Crippen molar-refractivity contribution >= 4 is 5.97 Å². The first kappa shape index (κ1) is 14.3. The van der Waals surface area contributed by atoms with Crippen molar-refractivity contribution in [2.75, 3.05) is 27.4 Å². The van der Waals surface area contributed by atoms with E-state index < -0.39 is 0 Å². The van der Waals surface area contributed by atoms with Gasteiger partial charge in [0.05, 0.1) is 14.2 Å². The minimum absolute atomic E-state index is 0.265. The molecule has 0 heterocycles. The van der Waals surface area contributed by atoms with E-state index in [9.17, 15) is 4.79 Å². The van der Waals surface area contributed by atoms with Gasteiger partial charge in [-0.25, -0.2) is 0 Å². The van der Waals surface area contributed by atoms with Gasteiger partial charge in [-0.1, -0.05) is 6.07 Å². The molecule has 0 radical (unpaired) electrons. The molecule has 0 aromatic heterocycles. The number of rotatable bonds is 7. The molecular weight excluding hydrogens is 234 g/mol. The summed E-state index contributed by atoms with van der Waals surface area (Å²) < 4.78 is 15.2. The van der Waals surface area contributed by atoms with E-state index in [2.05, 4.69) is 5.32 Å². The minimum atomic E-state index is -0.265. The molecule has 1 N–H and O–H groups in total. The van der Waals surface area contributed by atoms with Crippen LogP contribution in [0.4, 0.5) is 0 Å². The molecule has 0 aliphatic carbocycles. The Balaban J connectivity index is 2.44. The van der Waals surface area contributed by atoms with Crippen LogP contribution in [0.1, 0.15) is 12.5 Å². The van der Waals surface area contributed by atoms with Crippen molar-refractivity contribution in [3.05, 3.63) is 23.8 Å². The molecular formula is C13H19NO4. The fourth-order valence-corrected chi connectivity index (χ4v) is 1.49. The number of benzene rings is 1. The first-order valence-corrected chi connectivity index (χ1v) is 5.72. The second-order valence-corrected chi connectivity index (χ2v) is 3.69. The van der Waals surface area contributed by atoms with Gasteiger partial charge in [0.2, 0.25) is 0 Å². The smallest absolute Gasteiger partial charge is 0.302 e. The number of esters is 1. The summed E-state index contributed by atoms with van der Waals surface area (Å²) in [4.78, 5) is 10.6. The Labute approximate surface area is 107 Å². The second kappa shape index (κ2) is 7.55. The summed E-state index contributed by atoms with van der Waals surface area (Å²) in [7, 11) is 3.24. The van der Waals surface area contributed by atoms with Gasteiger partial charge in [-0.3, -0.25) is 4.79 Å². The summed E-state index contributed by atoms with van der Waals surface area (Å²) in [5, 5.41) is 3.17. The lowest BCUT2D eigenvalue weighted by atomic mass is 10.2. The van der Waals surface area contributed by atoms with Crippen LogP contribution < -0.4 is 14.8 Å². The third-order valence-electron chi connectivity index (χ3n) is 2.39. The van der Waals surface area contributed by atoms with Crippen molar-refractivity contribution in [2.45, 2.75) is 13.5 Å². The van der Waals surface area contributed by atoms with Gasteiger partial charge < -0.3 is 19.5 Å². The van der Waals surface area contributed by atoms with Gasteiger partial charge in [0.15, 0.2) is 0 Å². The van der Waals surface area contributed by atoms with Crippen molar-refractivity contribution in [1.82, 2.24) is 5.32 Å². The number of hydrogen-bond donors (Lipinski definition) is 1. The quantitative estimate of drug-likeness (QED) is 0.587. The SMILES string of the molecule is COc1ccc(CNCCOC(C)=O)c(OC)c1. The van der Waals surface area contributed by atoms with Crippen LogP contribution in [0.15, 0.2) is 18.2 Å². The summed E-state index contributed by atoms with van der Waals surface area (Å²) in [5.41, 5.74) is 1.03. The predicted molar refractivity (Wildman–Crippen MR) is 67.9 cm³/mol. The van der Waals surface area contributed by atoms with E-state index in [4.69, 9.17) is 14.2 Å². The van der Waals surface area contributed by atoms with Crippen molar-refractivity contribution in [3.63, 3.8) is 0 Å². The molecule has 1 aromatic rings. The second-order valence-electron chi connectivity index (χ2n) is 3.69. The van der Waals surface area contributed by atoms with Crippen LogP contribution in [0.25, 0.3) is 0 Å². The summed E-state index contributed by atoms with van der Waals surface area (Å²) in [6, 6.07) is 5.66. The van der Waals surface area contributed by atoms with E-state index in [-0.39, 0.29) is 5.97 Å². The van der Waals surface area contributed by atoms with E-state index in [1.807, 2.05) is 18.2 Å². The molecule has 0 spiro atoms. The van der Waals surface area contributed by atoms with Gasteiger partial charge >= 0.3 is 5.97 Å². The van der Waals surface area contributed by atoms with Crippen LogP contribution >= 0.6 is 0 Å². The highest BCUT2D eigenvalue weighted by Crippen LogP contribution is 2.24. The normalized spacial score (nSPS) is 9.94. The molecule has 5 nitrogen and oxygen atoms in total. The summed E-state index contributed by atoms with van der Waals surface area (Å²) in [6.45, 7) is 3.02. The lowest BCUT2D eigenvalue weighted by Gasteiger charge is -2.11. The third kappa shape index (κ3) is 4.63. The molecule has 0 fully saturated rings. The number of ether oxygens (including phenoxy) is 3. The monoisotopic (exact) mass is 253 g/mol. The average molecular weight is 253 g/mol. The highest BCUT2D eigenvalue weighted by Gasteiger charge is 2.04. The van der Waals surface area contributed by atoms with Gasteiger partial charge in [0, 0.05) is 31.6 Å². The lowest BCUT2D eigenvalue weighted by Crippen LogP contribution is -2.20. The number of methoxy groups -OCH3 is 2. The number of hydrogen-bond acceptors (Lipinski definition) is 5. The standard InChI is InChI=1S/C13H19NO4/c1-10(15)18-7-6-14-9-11-4-5-12(16-2)8-13(11)17-3/h4-5,8,14H,6-7,9H2,1-3H3. The fraction of sp³-hybridized carbons (Fsp3) is 0.462. The van der Waals surface area contributed by atoms with Gasteiger partial charge in [-0.15, -0.1) is 0 Å². The Bertz CT molecular complexity index is 393. The molecule has 0 aliphatic heterocycles. The van der Waals surface area contributed by atoms with Crippen molar-refractivity contribution in [2.24, 2.45) is 0 Å². The summed E-state index contributed by atoms with van der Waals surface area (Å²) >= 11 is 0. The Morgan fingerprint density at radius 3 is 2.67 bits per heavy atom. The van der Waals surface area contributed by atoms with E-state index >= 15 is 0 Å².